The number of hydrogen-bond donors (Lipinski definition) is 1. The van der Waals surface area contributed by atoms with E-state index in [1.54, 1.807) is 29.6 Å². The van der Waals surface area contributed by atoms with Gasteiger partial charge in [-0.25, -0.2) is 4.98 Å². The van der Waals surface area contributed by atoms with E-state index in [2.05, 4.69) is 16.0 Å². The van der Waals surface area contributed by atoms with Crippen molar-refractivity contribution in [3.05, 3.63) is 82.9 Å². The molecule has 0 saturated carbocycles. The lowest BCUT2D eigenvalue weighted by atomic mass is 10.1. The third kappa shape index (κ3) is 5.36. The molecule has 0 bridgehead atoms. The van der Waals surface area contributed by atoms with Gasteiger partial charge in [0.15, 0.2) is 0 Å². The molecule has 0 aliphatic rings. The number of nitriles is 1. The Morgan fingerprint density at radius 3 is 2.63 bits per heavy atom. The van der Waals surface area contributed by atoms with Gasteiger partial charge in [0.2, 0.25) is 5.91 Å². The smallest absolute Gasteiger partial charge is 0.233 e. The second kappa shape index (κ2) is 9.26. The van der Waals surface area contributed by atoms with Crippen molar-refractivity contribution in [2.24, 2.45) is 0 Å². The molecule has 0 spiro atoms. The number of hydrogen-bond acceptors (Lipinski definition) is 4. The Morgan fingerprint density at radius 1 is 1.19 bits per heavy atom. The Morgan fingerprint density at radius 2 is 1.96 bits per heavy atom. The van der Waals surface area contributed by atoms with Gasteiger partial charge in [0.25, 0.3) is 0 Å². The van der Waals surface area contributed by atoms with Crippen LogP contribution in [0.25, 0.3) is 0 Å². The van der Waals surface area contributed by atoms with Crippen molar-refractivity contribution in [3.8, 4) is 6.07 Å². The number of amides is 1. The summed E-state index contributed by atoms with van der Waals surface area (Å²) in [5.41, 5.74) is 2.42. The maximum absolute atomic E-state index is 12.9. The molecule has 5 nitrogen and oxygen atoms in total. The van der Waals surface area contributed by atoms with Crippen LogP contribution in [0.5, 0.6) is 0 Å². The predicted octanol–water partition coefficient (Wildman–Crippen LogP) is 4.26. The van der Waals surface area contributed by atoms with Gasteiger partial charge in [0.05, 0.1) is 41.0 Å². The molecule has 0 aliphatic heterocycles. The minimum absolute atomic E-state index is 0.00104. The lowest BCUT2D eigenvalue weighted by Crippen LogP contribution is -2.31. The molecule has 0 unspecified atom stereocenters. The molecule has 3 rings (SSSR count). The molecule has 3 aromatic rings. The second-order valence-electron chi connectivity index (χ2n) is 5.85. The van der Waals surface area contributed by atoms with E-state index >= 15 is 0 Å². The van der Waals surface area contributed by atoms with Gasteiger partial charge in [-0.15, -0.1) is 11.8 Å². The zero-order chi connectivity index (χ0) is 19.1. The molecule has 2 aromatic carbocycles. The van der Waals surface area contributed by atoms with Crippen LogP contribution in [0.15, 0.2) is 66.0 Å². The monoisotopic (exact) mass is 396 g/mol. The molecule has 1 heterocycles. The first kappa shape index (κ1) is 19.0. The Labute approximate surface area is 167 Å². The lowest BCUT2D eigenvalue weighted by Gasteiger charge is -2.22. The first-order valence-electron chi connectivity index (χ1n) is 8.27. The van der Waals surface area contributed by atoms with Crippen LogP contribution < -0.4 is 0 Å². The molecule has 27 heavy (non-hydrogen) atoms. The number of nitrogens with one attached hydrogen (secondary N) is 1. The van der Waals surface area contributed by atoms with Gasteiger partial charge >= 0.3 is 0 Å². The number of halogens is 1. The number of imidazole rings is 1. The van der Waals surface area contributed by atoms with E-state index in [0.717, 1.165) is 16.2 Å². The zero-order valence-corrected chi connectivity index (χ0v) is 16.0. The highest BCUT2D eigenvalue weighted by atomic mass is 35.5. The van der Waals surface area contributed by atoms with E-state index in [9.17, 15) is 4.79 Å². The van der Waals surface area contributed by atoms with Crippen LogP contribution in [-0.2, 0) is 17.9 Å². The lowest BCUT2D eigenvalue weighted by molar-refractivity contribution is -0.129. The number of carbonyl (C=O) groups is 1. The standard InChI is InChI=1S/C20H17ClN4OS/c21-18-3-1-2-4-19(18)27-13-20(26)25(12-17-10-23-14-24-17)11-16-7-5-15(9-22)6-8-16/h1-8,10,14H,11-13H2,(H,23,24). The van der Waals surface area contributed by atoms with Gasteiger partial charge in [-0.3, -0.25) is 4.79 Å². The SMILES string of the molecule is N#Cc1ccc(CN(Cc2cnc[nH]2)C(=O)CSc2ccccc2Cl)cc1. The summed E-state index contributed by atoms with van der Waals surface area (Å²) in [5.74, 6) is 0.285. The molecule has 1 N–H and O–H groups in total. The highest BCUT2D eigenvalue weighted by molar-refractivity contribution is 8.00. The van der Waals surface area contributed by atoms with E-state index in [4.69, 9.17) is 16.9 Å². The molecule has 136 valence electrons. The number of aromatic nitrogens is 2. The second-order valence-corrected chi connectivity index (χ2v) is 7.28. The van der Waals surface area contributed by atoms with Gasteiger partial charge in [0, 0.05) is 17.6 Å². The summed E-state index contributed by atoms with van der Waals surface area (Å²) >= 11 is 7.60. The summed E-state index contributed by atoms with van der Waals surface area (Å²) in [7, 11) is 0. The summed E-state index contributed by atoms with van der Waals surface area (Å²) in [4.78, 5) is 22.6. The molecule has 7 heteroatoms. The van der Waals surface area contributed by atoms with Crippen LogP contribution in [0, 0.1) is 11.3 Å². The van der Waals surface area contributed by atoms with Crippen molar-refractivity contribution in [1.29, 1.82) is 5.26 Å². The average Bonchev–Trinajstić information content (AvgIpc) is 3.20. The Balaban J connectivity index is 1.71. The minimum atomic E-state index is -0.00104. The number of benzene rings is 2. The van der Waals surface area contributed by atoms with Crippen LogP contribution in [0.2, 0.25) is 5.02 Å². The summed E-state index contributed by atoms with van der Waals surface area (Å²) in [5, 5.41) is 9.57. The molecule has 0 radical (unpaired) electrons. The summed E-state index contributed by atoms with van der Waals surface area (Å²) in [6.45, 7) is 0.883. The van der Waals surface area contributed by atoms with Gasteiger partial charge in [-0.2, -0.15) is 5.26 Å². The molecular formula is C20H17ClN4OS. The molecule has 0 saturated heterocycles. The van der Waals surface area contributed by atoms with Crippen molar-refractivity contribution >= 4 is 29.3 Å². The molecule has 0 fully saturated rings. The minimum Gasteiger partial charge on any atom is -0.347 e. The summed E-state index contributed by atoms with van der Waals surface area (Å²) < 4.78 is 0. The molecule has 1 aromatic heterocycles. The van der Waals surface area contributed by atoms with Gasteiger partial charge in [0.1, 0.15) is 0 Å². The van der Waals surface area contributed by atoms with Crippen molar-refractivity contribution in [2.45, 2.75) is 18.0 Å². The van der Waals surface area contributed by atoms with Crippen molar-refractivity contribution in [2.75, 3.05) is 5.75 Å². The van der Waals surface area contributed by atoms with Crippen LogP contribution in [0.1, 0.15) is 16.8 Å². The van der Waals surface area contributed by atoms with E-state index in [0.29, 0.717) is 23.7 Å². The first-order chi connectivity index (χ1) is 13.2. The van der Waals surface area contributed by atoms with E-state index in [1.807, 2.05) is 36.4 Å². The van der Waals surface area contributed by atoms with Crippen molar-refractivity contribution < 1.29 is 4.79 Å². The summed E-state index contributed by atoms with van der Waals surface area (Å²) in [6, 6.07) is 16.8. The third-order valence-electron chi connectivity index (χ3n) is 3.91. The molecule has 0 aliphatic carbocycles. The number of carbonyl (C=O) groups excluding carboxylic acids is 1. The fourth-order valence-electron chi connectivity index (χ4n) is 2.51. The Kier molecular flexibility index (Phi) is 6.53. The largest absolute Gasteiger partial charge is 0.347 e. The maximum atomic E-state index is 12.9. The topological polar surface area (TPSA) is 72.8 Å². The maximum Gasteiger partial charge on any atom is 0.233 e. The van der Waals surface area contributed by atoms with E-state index in [1.165, 1.54) is 11.8 Å². The van der Waals surface area contributed by atoms with Gasteiger partial charge < -0.3 is 9.88 Å². The van der Waals surface area contributed by atoms with Crippen LogP contribution >= 0.6 is 23.4 Å². The molecule has 0 atom stereocenters. The Bertz CT molecular complexity index is 935. The fourth-order valence-corrected chi connectivity index (χ4v) is 3.65. The average molecular weight is 397 g/mol. The van der Waals surface area contributed by atoms with Crippen LogP contribution in [0.4, 0.5) is 0 Å². The van der Waals surface area contributed by atoms with Crippen LogP contribution in [-0.4, -0.2) is 26.5 Å². The van der Waals surface area contributed by atoms with Crippen LogP contribution in [0.3, 0.4) is 0 Å². The van der Waals surface area contributed by atoms with E-state index in [-0.39, 0.29) is 11.7 Å². The van der Waals surface area contributed by atoms with Gasteiger partial charge in [-0.1, -0.05) is 35.9 Å². The fraction of sp³-hybridized carbons (Fsp3) is 0.150. The molecular weight excluding hydrogens is 380 g/mol. The quantitative estimate of drug-likeness (QED) is 0.606. The van der Waals surface area contributed by atoms with Gasteiger partial charge in [-0.05, 0) is 29.8 Å². The highest BCUT2D eigenvalue weighted by Crippen LogP contribution is 2.27. The highest BCUT2D eigenvalue weighted by Gasteiger charge is 2.16. The van der Waals surface area contributed by atoms with E-state index < -0.39 is 0 Å². The predicted molar refractivity (Wildman–Crippen MR) is 106 cm³/mol. The first-order valence-corrected chi connectivity index (χ1v) is 9.63. The molecule has 1 amide bonds. The summed E-state index contributed by atoms with van der Waals surface area (Å²) in [6.07, 6.45) is 3.30. The number of nitrogens with zero attached hydrogens (tertiary/aromatic N) is 3. The number of rotatable bonds is 7. The number of H-pyrrole nitrogens is 1. The number of thioether (sulfide) groups is 1. The third-order valence-corrected chi connectivity index (χ3v) is 5.41. The normalized spacial score (nSPS) is 10.4. The van der Waals surface area contributed by atoms with Crippen molar-refractivity contribution in [1.82, 2.24) is 14.9 Å². The zero-order valence-electron chi connectivity index (χ0n) is 14.4. The number of aromatic amines is 1. The van der Waals surface area contributed by atoms with Crippen molar-refractivity contribution in [3.63, 3.8) is 0 Å². The Hall–Kier alpha value is -2.75.